The fourth-order valence-corrected chi connectivity index (χ4v) is 5.00. The summed E-state index contributed by atoms with van der Waals surface area (Å²) in [6.45, 7) is 2.03. The molecule has 222 valence electrons. The Labute approximate surface area is 229 Å². The van der Waals surface area contributed by atoms with E-state index < -0.39 is 43.7 Å². The highest BCUT2D eigenvalue weighted by Gasteiger charge is 2.36. The van der Waals surface area contributed by atoms with E-state index in [9.17, 15) is 34.8 Å². The molecule has 3 heterocycles. The van der Waals surface area contributed by atoms with Crippen molar-refractivity contribution in [3.63, 3.8) is 0 Å². The Morgan fingerprint density at radius 1 is 1.25 bits per heavy atom. The number of hydrogen-bond acceptors (Lipinski definition) is 10. The summed E-state index contributed by atoms with van der Waals surface area (Å²) in [5.74, 6) is -0.827. The number of hydrogen-bond donors (Lipinski definition) is 4. The number of anilines is 4. The fourth-order valence-electron chi connectivity index (χ4n) is 3.88. The van der Waals surface area contributed by atoms with Crippen LogP contribution in [0.3, 0.4) is 0 Å². The van der Waals surface area contributed by atoms with E-state index >= 15 is 0 Å². The van der Waals surface area contributed by atoms with Crippen molar-refractivity contribution < 1.29 is 44.1 Å². The lowest BCUT2D eigenvalue weighted by atomic mass is 10.1. The molecule has 4 N–H and O–H groups in total. The van der Waals surface area contributed by atoms with Crippen molar-refractivity contribution in [1.29, 1.82) is 0 Å². The topological polar surface area (TPSA) is 180 Å². The predicted octanol–water partition coefficient (Wildman–Crippen LogP) is 2.09. The first-order valence-electron chi connectivity index (χ1n) is 11.9. The zero-order chi connectivity index (χ0) is 29.7. The number of fused-ring (bicyclic) bond motifs is 1. The molecule has 18 heteroatoms. The molecular weight excluding hydrogens is 581 g/mol. The van der Waals surface area contributed by atoms with Crippen LogP contribution in [0.15, 0.2) is 24.4 Å². The largest absolute Gasteiger partial charge is 0.421 e. The third kappa shape index (κ3) is 8.98. The maximum absolute atomic E-state index is 13.5. The molecule has 0 aliphatic carbocycles. The molecule has 1 aromatic carbocycles. The summed E-state index contributed by atoms with van der Waals surface area (Å²) in [5.41, 5.74) is 0.914. The monoisotopic (exact) mass is 610 g/mol. The van der Waals surface area contributed by atoms with Crippen molar-refractivity contribution >= 4 is 49.2 Å². The summed E-state index contributed by atoms with van der Waals surface area (Å²) >= 11 is 0. The van der Waals surface area contributed by atoms with Crippen LogP contribution < -0.4 is 16.0 Å². The summed E-state index contributed by atoms with van der Waals surface area (Å²) in [6, 6.07) is 4.55. The van der Waals surface area contributed by atoms with E-state index in [1.165, 1.54) is 11.2 Å². The van der Waals surface area contributed by atoms with Gasteiger partial charge in [0.1, 0.15) is 11.4 Å². The van der Waals surface area contributed by atoms with E-state index in [4.69, 9.17) is 9.29 Å². The summed E-state index contributed by atoms with van der Waals surface area (Å²) in [7, 11) is -7.13. The van der Waals surface area contributed by atoms with E-state index in [0.29, 0.717) is 17.6 Å². The zero-order valence-corrected chi connectivity index (χ0v) is 23.2. The number of alkyl halides is 3. The Hall–Kier alpha value is -3.06. The number of amides is 1. The molecule has 1 aromatic heterocycles. The zero-order valence-electron chi connectivity index (χ0n) is 21.5. The minimum absolute atomic E-state index is 0.0339. The fraction of sp³-hybridized carbons (Fsp3) is 0.500. The maximum Gasteiger partial charge on any atom is 0.421 e. The second-order valence-corrected chi connectivity index (χ2v) is 12.5. The van der Waals surface area contributed by atoms with Crippen molar-refractivity contribution in [1.82, 2.24) is 14.3 Å². The Bertz CT molecular complexity index is 1440. The van der Waals surface area contributed by atoms with Crippen molar-refractivity contribution in [3.8, 4) is 0 Å². The highest BCUT2D eigenvalue weighted by Crippen LogP contribution is 2.34. The predicted molar refractivity (Wildman–Crippen MR) is 140 cm³/mol. The standard InChI is InChI=1S/C20H23F3N6O4S.C2H6O3S/c1-34(31,32)29-6-7-33-11-14(29)4-5-24-18-15(20(21,22)23)10-25-19(28-18)26-13-2-3-16-12(8-13)9-17(30)27-16;1-2-6(3,4)5/h2-3,8,10,14H,4-7,9,11H2,1H3,(H,27,30)(H2,24,25,26,28);2H2,1H3,(H,3,4,5)/t14-;/m1./s1. The number of morpholine rings is 1. The molecule has 0 radical (unpaired) electrons. The van der Waals surface area contributed by atoms with Gasteiger partial charge in [-0.15, -0.1) is 0 Å². The van der Waals surface area contributed by atoms with Crippen LogP contribution in [-0.4, -0.2) is 85.9 Å². The molecule has 4 rings (SSSR count). The van der Waals surface area contributed by atoms with Gasteiger partial charge in [0.2, 0.25) is 21.9 Å². The lowest BCUT2D eigenvalue weighted by Crippen LogP contribution is -2.48. The number of rotatable bonds is 8. The minimum Gasteiger partial charge on any atom is -0.378 e. The quantitative estimate of drug-likeness (QED) is 0.322. The van der Waals surface area contributed by atoms with Gasteiger partial charge < -0.3 is 20.7 Å². The maximum atomic E-state index is 13.5. The Morgan fingerprint density at radius 2 is 1.95 bits per heavy atom. The van der Waals surface area contributed by atoms with Crippen LogP contribution in [-0.2, 0) is 42.3 Å². The van der Waals surface area contributed by atoms with Crippen LogP contribution >= 0.6 is 0 Å². The Balaban J connectivity index is 0.000000663. The van der Waals surface area contributed by atoms with E-state index in [0.717, 1.165) is 11.8 Å². The molecule has 1 saturated heterocycles. The SMILES string of the molecule is CCS(=O)(=O)O.CS(=O)(=O)N1CCOC[C@H]1CCNc1nc(Nc2ccc3c(c2)CC(=O)N3)ncc1C(F)(F)F. The molecule has 13 nitrogen and oxygen atoms in total. The van der Waals surface area contributed by atoms with Gasteiger partial charge in [-0.1, -0.05) is 0 Å². The van der Waals surface area contributed by atoms with Gasteiger partial charge in [-0.25, -0.2) is 13.4 Å². The third-order valence-corrected chi connectivity index (χ3v) is 7.88. The highest BCUT2D eigenvalue weighted by molar-refractivity contribution is 7.88. The number of ether oxygens (including phenoxy) is 1. The van der Waals surface area contributed by atoms with Crippen LogP contribution in [0.1, 0.15) is 24.5 Å². The number of sulfonamides is 1. The van der Waals surface area contributed by atoms with Crippen LogP contribution in [0.5, 0.6) is 0 Å². The average Bonchev–Trinajstić information content (AvgIpc) is 3.22. The van der Waals surface area contributed by atoms with Gasteiger partial charge in [-0.3, -0.25) is 9.35 Å². The Kier molecular flexibility index (Phi) is 9.94. The molecule has 0 unspecified atom stereocenters. The van der Waals surface area contributed by atoms with Crippen molar-refractivity contribution in [2.24, 2.45) is 0 Å². The van der Waals surface area contributed by atoms with Crippen molar-refractivity contribution in [3.05, 3.63) is 35.5 Å². The first kappa shape index (κ1) is 31.5. The number of halogens is 3. The van der Waals surface area contributed by atoms with E-state index in [2.05, 4.69) is 25.9 Å². The first-order chi connectivity index (χ1) is 18.6. The molecule has 1 atom stereocenters. The third-order valence-electron chi connectivity index (χ3n) is 5.81. The molecule has 1 fully saturated rings. The number of carbonyl (C=O) groups excluding carboxylic acids is 1. The highest BCUT2D eigenvalue weighted by atomic mass is 32.2. The second-order valence-electron chi connectivity index (χ2n) is 8.86. The van der Waals surface area contributed by atoms with Gasteiger partial charge in [-0.05, 0) is 37.1 Å². The summed E-state index contributed by atoms with van der Waals surface area (Å²) in [5, 5.41) is 8.23. The Morgan fingerprint density at radius 3 is 2.58 bits per heavy atom. The van der Waals surface area contributed by atoms with Crippen LogP contribution in [0.4, 0.5) is 36.3 Å². The number of aromatic nitrogens is 2. The molecular formula is C22H29F3N6O7S2. The minimum atomic E-state index is -4.69. The van der Waals surface area contributed by atoms with Crippen LogP contribution in [0.25, 0.3) is 0 Å². The van der Waals surface area contributed by atoms with Crippen molar-refractivity contribution in [2.45, 2.75) is 32.0 Å². The van der Waals surface area contributed by atoms with E-state index in [1.54, 1.807) is 18.2 Å². The molecule has 2 aliphatic rings. The molecule has 1 amide bonds. The van der Waals surface area contributed by atoms with E-state index in [-0.39, 0.29) is 56.8 Å². The van der Waals surface area contributed by atoms with Gasteiger partial charge in [0, 0.05) is 36.7 Å². The van der Waals surface area contributed by atoms with Gasteiger partial charge in [0.15, 0.2) is 0 Å². The normalized spacial score (nSPS) is 17.9. The van der Waals surface area contributed by atoms with Gasteiger partial charge in [-0.2, -0.15) is 30.9 Å². The lowest BCUT2D eigenvalue weighted by Gasteiger charge is -2.33. The summed E-state index contributed by atoms with van der Waals surface area (Å²) in [4.78, 5) is 19.3. The molecule has 0 saturated carbocycles. The van der Waals surface area contributed by atoms with Gasteiger partial charge in [0.25, 0.3) is 10.1 Å². The number of nitrogens with one attached hydrogen (secondary N) is 3. The van der Waals surface area contributed by atoms with Crippen molar-refractivity contribution in [2.75, 3.05) is 54.3 Å². The number of benzene rings is 1. The molecule has 2 aromatic rings. The molecule has 0 bridgehead atoms. The first-order valence-corrected chi connectivity index (χ1v) is 15.4. The average molecular weight is 611 g/mol. The lowest BCUT2D eigenvalue weighted by molar-refractivity contribution is -0.137. The van der Waals surface area contributed by atoms with Crippen LogP contribution in [0, 0.1) is 0 Å². The molecule has 0 spiro atoms. The smallest absolute Gasteiger partial charge is 0.378 e. The van der Waals surface area contributed by atoms with Gasteiger partial charge >= 0.3 is 6.18 Å². The number of carbonyl (C=O) groups is 1. The number of nitrogens with zero attached hydrogens (tertiary/aromatic N) is 3. The second kappa shape index (κ2) is 12.6. The summed E-state index contributed by atoms with van der Waals surface area (Å²) in [6.07, 6.45) is -2.48. The molecule has 40 heavy (non-hydrogen) atoms. The van der Waals surface area contributed by atoms with Crippen LogP contribution in [0.2, 0.25) is 0 Å². The van der Waals surface area contributed by atoms with E-state index in [1.807, 2.05) is 0 Å². The molecule has 2 aliphatic heterocycles. The summed E-state index contributed by atoms with van der Waals surface area (Å²) < 4.78 is 98.0. The van der Waals surface area contributed by atoms with Gasteiger partial charge in [0.05, 0.1) is 31.6 Å².